The highest BCUT2D eigenvalue weighted by molar-refractivity contribution is 6.11. The van der Waals surface area contributed by atoms with E-state index in [-0.39, 0.29) is 5.41 Å². The van der Waals surface area contributed by atoms with E-state index >= 15 is 0 Å². The third-order valence-corrected chi connectivity index (χ3v) is 13.5. The maximum atomic E-state index is 5.59. The number of hydrogen-bond acceptors (Lipinski definition) is 3. The second-order valence-corrected chi connectivity index (χ2v) is 16.7. The van der Waals surface area contributed by atoms with Crippen LogP contribution in [0.25, 0.3) is 83.9 Å². The Labute approximate surface area is 342 Å². The van der Waals surface area contributed by atoms with E-state index in [0.717, 1.165) is 22.2 Å². The first kappa shape index (κ1) is 32.6. The van der Waals surface area contributed by atoms with Crippen LogP contribution in [0.2, 0.25) is 0 Å². The molecule has 13 rings (SSSR count). The minimum Gasteiger partial charge on any atom is -0.278 e. The Morgan fingerprint density at radius 1 is 0.373 bits per heavy atom. The first-order valence-corrected chi connectivity index (χ1v) is 20.5. The van der Waals surface area contributed by atoms with Crippen molar-refractivity contribution < 1.29 is 0 Å². The molecule has 10 aromatic rings. The molecule has 3 aliphatic rings. The van der Waals surface area contributed by atoms with Crippen LogP contribution < -0.4 is 0 Å². The largest absolute Gasteiger partial charge is 0.278 e. The number of hydrogen-bond donors (Lipinski definition) is 0. The van der Waals surface area contributed by atoms with Gasteiger partial charge in [0, 0.05) is 27.3 Å². The van der Waals surface area contributed by atoms with E-state index < -0.39 is 5.41 Å². The summed E-state index contributed by atoms with van der Waals surface area (Å²) in [4.78, 5) is 16.4. The van der Waals surface area contributed by atoms with Crippen LogP contribution in [0, 0.1) is 0 Å². The van der Waals surface area contributed by atoms with Gasteiger partial charge in [0.2, 0.25) is 5.95 Å². The smallest absolute Gasteiger partial charge is 0.238 e. The minimum absolute atomic E-state index is 0.164. The van der Waals surface area contributed by atoms with Crippen LogP contribution in [0.5, 0.6) is 0 Å². The topological polar surface area (TPSA) is 43.6 Å². The summed E-state index contributed by atoms with van der Waals surface area (Å²) in [5.41, 5.74) is 18.7. The molecule has 8 aromatic carbocycles. The lowest BCUT2D eigenvalue weighted by molar-refractivity contribution is 0.661. The lowest BCUT2D eigenvalue weighted by atomic mass is 9.69. The second kappa shape index (κ2) is 11.6. The molecule has 0 fully saturated rings. The van der Waals surface area contributed by atoms with Crippen molar-refractivity contribution in [2.45, 2.75) is 24.7 Å². The fraction of sp³-hybridized carbons (Fsp3) is 0.0727. The molecule has 0 saturated heterocycles. The molecule has 0 aliphatic heterocycles. The van der Waals surface area contributed by atoms with E-state index in [1.807, 2.05) is 6.07 Å². The number of benzene rings is 8. The molecule has 3 aliphatic carbocycles. The molecule has 0 bridgehead atoms. The van der Waals surface area contributed by atoms with Crippen LogP contribution in [0.15, 0.2) is 182 Å². The summed E-state index contributed by atoms with van der Waals surface area (Å²) in [6.07, 6.45) is 0. The van der Waals surface area contributed by atoms with Gasteiger partial charge in [-0.2, -0.15) is 9.97 Å². The van der Waals surface area contributed by atoms with Gasteiger partial charge >= 0.3 is 0 Å². The highest BCUT2D eigenvalue weighted by atomic mass is 15.2. The quantitative estimate of drug-likeness (QED) is 0.180. The van der Waals surface area contributed by atoms with E-state index in [2.05, 4.69) is 194 Å². The van der Waals surface area contributed by atoms with Gasteiger partial charge in [-0.05, 0) is 85.0 Å². The molecule has 0 amide bonds. The summed E-state index contributed by atoms with van der Waals surface area (Å²) < 4.78 is 2.27. The molecule has 0 radical (unpaired) electrons. The number of aromatic nitrogens is 4. The van der Waals surface area contributed by atoms with Crippen molar-refractivity contribution in [2.24, 2.45) is 0 Å². The van der Waals surface area contributed by atoms with Gasteiger partial charge in [0.05, 0.1) is 16.4 Å². The van der Waals surface area contributed by atoms with Crippen molar-refractivity contribution in [3.8, 4) is 62.1 Å². The number of nitrogens with zero attached hydrogens (tertiary/aromatic N) is 4. The zero-order valence-electron chi connectivity index (χ0n) is 32.6. The molecule has 2 heterocycles. The van der Waals surface area contributed by atoms with Crippen LogP contribution in [-0.4, -0.2) is 19.5 Å². The Morgan fingerprint density at radius 3 is 1.59 bits per heavy atom. The van der Waals surface area contributed by atoms with Gasteiger partial charge in [-0.3, -0.25) is 4.57 Å². The molecule has 1 spiro atoms. The molecule has 0 atom stereocenters. The highest BCUT2D eigenvalue weighted by Crippen LogP contribution is 2.64. The Kier molecular flexibility index (Phi) is 6.41. The van der Waals surface area contributed by atoms with Crippen molar-refractivity contribution in [3.63, 3.8) is 0 Å². The second-order valence-electron chi connectivity index (χ2n) is 16.7. The predicted molar refractivity (Wildman–Crippen MR) is 239 cm³/mol. The van der Waals surface area contributed by atoms with E-state index in [0.29, 0.717) is 17.6 Å². The maximum absolute atomic E-state index is 5.59. The Hall–Kier alpha value is -7.43. The van der Waals surface area contributed by atoms with Crippen molar-refractivity contribution in [1.29, 1.82) is 0 Å². The van der Waals surface area contributed by atoms with Gasteiger partial charge in [0.1, 0.15) is 0 Å². The van der Waals surface area contributed by atoms with Crippen molar-refractivity contribution >= 4 is 21.8 Å². The fourth-order valence-electron chi connectivity index (χ4n) is 11.0. The zero-order valence-corrected chi connectivity index (χ0v) is 32.6. The van der Waals surface area contributed by atoms with Crippen molar-refractivity contribution in [2.75, 3.05) is 0 Å². The molecule has 0 saturated carbocycles. The number of fused-ring (bicyclic) bond motifs is 16. The van der Waals surface area contributed by atoms with Crippen LogP contribution in [0.3, 0.4) is 0 Å². The van der Waals surface area contributed by atoms with Gasteiger partial charge in [-0.1, -0.05) is 178 Å². The fourth-order valence-corrected chi connectivity index (χ4v) is 11.0. The summed E-state index contributed by atoms with van der Waals surface area (Å²) in [7, 11) is 0. The third kappa shape index (κ3) is 4.15. The monoisotopic (exact) mass is 752 g/mol. The summed E-state index contributed by atoms with van der Waals surface area (Å²) in [5, 5.41) is 2.36. The molecular formula is C55H36N4. The van der Waals surface area contributed by atoms with Crippen LogP contribution in [0.1, 0.15) is 47.2 Å². The van der Waals surface area contributed by atoms with Crippen LogP contribution in [-0.2, 0) is 10.8 Å². The van der Waals surface area contributed by atoms with E-state index in [1.54, 1.807) is 0 Å². The Bertz CT molecular complexity index is 3360. The summed E-state index contributed by atoms with van der Waals surface area (Å²) in [5.74, 6) is 1.89. The minimum atomic E-state index is -0.552. The molecule has 276 valence electrons. The maximum Gasteiger partial charge on any atom is 0.238 e. The van der Waals surface area contributed by atoms with Gasteiger partial charge in [-0.15, -0.1) is 0 Å². The molecule has 4 heteroatoms. The lowest BCUT2D eigenvalue weighted by Crippen LogP contribution is -2.27. The van der Waals surface area contributed by atoms with Gasteiger partial charge in [0.25, 0.3) is 0 Å². The number of para-hydroxylation sites is 1. The SMILES string of the molecule is CC1(C)c2ccccc2-c2cc3c4ccccc4n(-c4nc(-c5ccccc5)nc(-c5cccc6c5C5(c7ccccc7-c7ccccc75)c5ccccc5-6)n4)c3cc21. The predicted octanol–water partition coefficient (Wildman–Crippen LogP) is 13.0. The summed E-state index contributed by atoms with van der Waals surface area (Å²) in [6.45, 7) is 4.68. The average molecular weight is 753 g/mol. The van der Waals surface area contributed by atoms with Gasteiger partial charge in [0.15, 0.2) is 11.6 Å². The molecule has 2 aromatic heterocycles. The van der Waals surface area contributed by atoms with E-state index in [9.17, 15) is 0 Å². The van der Waals surface area contributed by atoms with Crippen LogP contribution in [0.4, 0.5) is 0 Å². The zero-order chi connectivity index (χ0) is 39.0. The molecule has 0 N–H and O–H groups in total. The normalized spacial score (nSPS) is 14.5. The molecule has 0 unspecified atom stereocenters. The van der Waals surface area contributed by atoms with Gasteiger partial charge in [-0.25, -0.2) is 4.98 Å². The lowest BCUT2D eigenvalue weighted by Gasteiger charge is -2.31. The Morgan fingerprint density at radius 2 is 0.898 bits per heavy atom. The first-order chi connectivity index (χ1) is 29.0. The molecule has 4 nitrogen and oxygen atoms in total. The third-order valence-electron chi connectivity index (χ3n) is 13.5. The van der Waals surface area contributed by atoms with E-state index in [4.69, 9.17) is 15.0 Å². The highest BCUT2D eigenvalue weighted by Gasteiger charge is 2.53. The average Bonchev–Trinajstić information content (AvgIpc) is 3.96. The standard InChI is InChI=1S/C55H36N4/c1-54(2)43-26-11-6-22-37(43)41-31-42-38-23-10-15-30-48(38)59(49(42)32-47(41)54)53-57-51(33-17-4-3-5-18-33)56-52(58-53)40-25-16-24-39-36-21-9-14-29-46(36)55(50(39)40)44-27-12-7-19-34(44)35-20-8-13-28-45(35)55/h3-32H,1-2H3. The van der Waals surface area contributed by atoms with Gasteiger partial charge < -0.3 is 0 Å². The van der Waals surface area contributed by atoms with Crippen molar-refractivity contribution in [3.05, 3.63) is 215 Å². The van der Waals surface area contributed by atoms with E-state index in [1.165, 1.54) is 77.5 Å². The number of rotatable bonds is 3. The molecular weight excluding hydrogens is 717 g/mol. The van der Waals surface area contributed by atoms with Crippen LogP contribution >= 0.6 is 0 Å². The first-order valence-electron chi connectivity index (χ1n) is 20.5. The summed E-state index contributed by atoms with van der Waals surface area (Å²) in [6, 6.07) is 66.2. The Balaban J connectivity index is 1.13. The molecule has 59 heavy (non-hydrogen) atoms. The summed E-state index contributed by atoms with van der Waals surface area (Å²) >= 11 is 0. The van der Waals surface area contributed by atoms with Crippen molar-refractivity contribution in [1.82, 2.24) is 19.5 Å².